The molecular weight excluding hydrogens is 192 g/mol. The van der Waals surface area contributed by atoms with Crippen LogP contribution in [0.5, 0.6) is 0 Å². The number of fused-ring (bicyclic) bond motifs is 1. The van der Waals surface area contributed by atoms with E-state index < -0.39 is 0 Å². The van der Waals surface area contributed by atoms with Crippen molar-refractivity contribution < 1.29 is 4.79 Å². The highest BCUT2D eigenvalue weighted by molar-refractivity contribution is 5.81. The number of Topliss-reactive ketones (excluding diaryl/α,β-unsaturated/α-hetero) is 1. The van der Waals surface area contributed by atoms with Crippen LogP contribution in [0.2, 0.25) is 0 Å². The van der Waals surface area contributed by atoms with Crippen molar-refractivity contribution in [2.75, 3.05) is 0 Å². The molecule has 0 amide bonds. The van der Waals surface area contributed by atoms with Crippen LogP contribution >= 0.6 is 0 Å². The van der Waals surface area contributed by atoms with E-state index in [0.717, 1.165) is 11.1 Å². The molecule has 2 aromatic rings. The van der Waals surface area contributed by atoms with Crippen molar-refractivity contribution in [3.05, 3.63) is 40.3 Å². The van der Waals surface area contributed by atoms with Gasteiger partial charge in [0.05, 0.1) is 17.2 Å². The molecule has 0 unspecified atom stereocenters. The van der Waals surface area contributed by atoms with Crippen LogP contribution in [0.4, 0.5) is 0 Å². The Hall–Kier alpha value is -1.97. The van der Waals surface area contributed by atoms with Crippen molar-refractivity contribution in [1.29, 1.82) is 0 Å². The van der Waals surface area contributed by atoms with E-state index >= 15 is 0 Å². The van der Waals surface area contributed by atoms with Crippen LogP contribution in [0, 0.1) is 0 Å². The van der Waals surface area contributed by atoms with Crippen LogP contribution in [-0.4, -0.2) is 15.8 Å². The third-order valence-corrected chi connectivity index (χ3v) is 2.09. The molecule has 0 spiro atoms. The van der Waals surface area contributed by atoms with Gasteiger partial charge in [-0.15, -0.1) is 0 Å². The number of rotatable bonds is 2. The van der Waals surface area contributed by atoms with E-state index in [1.165, 1.54) is 13.1 Å². The molecule has 0 atom stereocenters. The molecule has 0 fully saturated rings. The summed E-state index contributed by atoms with van der Waals surface area (Å²) >= 11 is 0. The van der Waals surface area contributed by atoms with Crippen LogP contribution in [0.15, 0.2) is 29.2 Å². The molecule has 15 heavy (non-hydrogen) atoms. The van der Waals surface area contributed by atoms with Gasteiger partial charge < -0.3 is 4.98 Å². The Labute approximate surface area is 86.0 Å². The first kappa shape index (κ1) is 9.58. The molecule has 0 saturated heterocycles. The number of carbonyl (C=O) groups excluding carboxylic acids is 1. The van der Waals surface area contributed by atoms with Gasteiger partial charge in [0, 0.05) is 6.42 Å². The summed E-state index contributed by atoms with van der Waals surface area (Å²) in [5, 5.41) is 0. The Balaban J connectivity index is 2.54. The van der Waals surface area contributed by atoms with E-state index in [-0.39, 0.29) is 11.3 Å². The molecule has 1 N–H and O–H groups in total. The number of carbonyl (C=O) groups is 1. The number of H-pyrrole nitrogens is 1. The molecule has 4 heteroatoms. The Morgan fingerprint density at radius 3 is 3.00 bits per heavy atom. The van der Waals surface area contributed by atoms with E-state index in [1.54, 1.807) is 12.1 Å². The van der Waals surface area contributed by atoms with Gasteiger partial charge in [-0.25, -0.2) is 4.98 Å². The molecule has 1 heterocycles. The van der Waals surface area contributed by atoms with Crippen molar-refractivity contribution in [2.24, 2.45) is 0 Å². The number of aromatic nitrogens is 2. The minimum atomic E-state index is -0.234. The first-order chi connectivity index (χ1) is 7.15. The minimum Gasteiger partial charge on any atom is -0.319 e. The van der Waals surface area contributed by atoms with Crippen molar-refractivity contribution in [2.45, 2.75) is 13.3 Å². The number of aromatic amines is 1. The SMILES string of the molecule is CC(=O)Cc1ccc2ncc(=O)[nH]c2c1. The third-order valence-electron chi connectivity index (χ3n) is 2.09. The smallest absolute Gasteiger partial charge is 0.266 e. The standard InChI is InChI=1S/C11H10N2O2/c1-7(14)4-8-2-3-9-10(5-8)13-11(15)6-12-9/h2-3,5-6H,4H2,1H3,(H,13,15). The van der Waals surface area contributed by atoms with E-state index in [2.05, 4.69) is 9.97 Å². The fraction of sp³-hybridized carbons (Fsp3) is 0.182. The van der Waals surface area contributed by atoms with Gasteiger partial charge in [-0.2, -0.15) is 0 Å². The summed E-state index contributed by atoms with van der Waals surface area (Å²) in [4.78, 5) is 28.6. The Morgan fingerprint density at radius 1 is 1.47 bits per heavy atom. The number of ketones is 1. The highest BCUT2D eigenvalue weighted by atomic mass is 16.1. The maximum atomic E-state index is 11.0. The molecule has 0 bridgehead atoms. The molecule has 1 aromatic heterocycles. The highest BCUT2D eigenvalue weighted by Gasteiger charge is 2.00. The van der Waals surface area contributed by atoms with Crippen LogP contribution in [-0.2, 0) is 11.2 Å². The van der Waals surface area contributed by atoms with Crippen LogP contribution in [0.1, 0.15) is 12.5 Å². The summed E-state index contributed by atoms with van der Waals surface area (Å²) in [5.74, 6) is 0.0978. The zero-order valence-corrected chi connectivity index (χ0v) is 8.28. The van der Waals surface area contributed by atoms with Gasteiger partial charge in [0.1, 0.15) is 5.78 Å². The number of nitrogens with zero attached hydrogens (tertiary/aromatic N) is 1. The summed E-state index contributed by atoms with van der Waals surface area (Å²) < 4.78 is 0. The molecule has 76 valence electrons. The summed E-state index contributed by atoms with van der Waals surface area (Å²) in [7, 11) is 0. The van der Waals surface area contributed by atoms with E-state index in [4.69, 9.17) is 0 Å². The number of hydrogen-bond acceptors (Lipinski definition) is 3. The topological polar surface area (TPSA) is 62.8 Å². The fourth-order valence-electron chi connectivity index (χ4n) is 1.49. The molecule has 0 saturated carbocycles. The quantitative estimate of drug-likeness (QED) is 0.791. The molecule has 0 aliphatic carbocycles. The van der Waals surface area contributed by atoms with Gasteiger partial charge in [-0.05, 0) is 24.6 Å². The average molecular weight is 202 g/mol. The lowest BCUT2D eigenvalue weighted by atomic mass is 10.1. The second kappa shape index (κ2) is 3.65. The number of nitrogens with one attached hydrogen (secondary N) is 1. The first-order valence-corrected chi connectivity index (χ1v) is 4.62. The monoisotopic (exact) mass is 202 g/mol. The predicted molar refractivity (Wildman–Crippen MR) is 56.7 cm³/mol. The van der Waals surface area contributed by atoms with E-state index in [0.29, 0.717) is 11.9 Å². The second-order valence-electron chi connectivity index (χ2n) is 3.48. The minimum absolute atomic E-state index is 0.0978. The van der Waals surface area contributed by atoms with Crippen LogP contribution in [0.3, 0.4) is 0 Å². The summed E-state index contributed by atoms with van der Waals surface area (Å²) in [6.45, 7) is 1.54. The van der Waals surface area contributed by atoms with Gasteiger partial charge >= 0.3 is 0 Å². The van der Waals surface area contributed by atoms with E-state index in [9.17, 15) is 9.59 Å². The Bertz CT molecular complexity index is 572. The van der Waals surface area contributed by atoms with E-state index in [1.807, 2.05) is 6.07 Å². The largest absolute Gasteiger partial charge is 0.319 e. The molecule has 0 radical (unpaired) electrons. The maximum Gasteiger partial charge on any atom is 0.266 e. The second-order valence-corrected chi connectivity index (χ2v) is 3.48. The first-order valence-electron chi connectivity index (χ1n) is 4.62. The summed E-state index contributed by atoms with van der Waals surface area (Å²) in [5.41, 5.74) is 2.05. The van der Waals surface area contributed by atoms with Gasteiger partial charge in [0.25, 0.3) is 5.56 Å². The Morgan fingerprint density at radius 2 is 2.27 bits per heavy atom. The van der Waals surface area contributed by atoms with Crippen molar-refractivity contribution >= 4 is 16.8 Å². The lowest BCUT2D eigenvalue weighted by Gasteiger charge is -2.00. The molecule has 1 aromatic carbocycles. The van der Waals surface area contributed by atoms with Crippen molar-refractivity contribution in [3.8, 4) is 0 Å². The van der Waals surface area contributed by atoms with Gasteiger partial charge in [0.15, 0.2) is 0 Å². The number of hydrogen-bond donors (Lipinski definition) is 1. The van der Waals surface area contributed by atoms with Gasteiger partial charge in [0.2, 0.25) is 0 Å². The lowest BCUT2D eigenvalue weighted by molar-refractivity contribution is -0.116. The predicted octanol–water partition coefficient (Wildman–Crippen LogP) is 1.05. The van der Waals surface area contributed by atoms with Gasteiger partial charge in [-0.3, -0.25) is 9.59 Å². The average Bonchev–Trinajstić information content (AvgIpc) is 2.16. The maximum absolute atomic E-state index is 11.0. The van der Waals surface area contributed by atoms with Crippen LogP contribution < -0.4 is 5.56 Å². The number of benzene rings is 1. The molecule has 2 rings (SSSR count). The normalized spacial score (nSPS) is 10.5. The molecule has 0 aliphatic rings. The van der Waals surface area contributed by atoms with Gasteiger partial charge in [-0.1, -0.05) is 6.07 Å². The fourth-order valence-corrected chi connectivity index (χ4v) is 1.49. The molecule has 0 aliphatic heterocycles. The third kappa shape index (κ3) is 2.10. The van der Waals surface area contributed by atoms with Crippen LogP contribution in [0.25, 0.3) is 11.0 Å². The van der Waals surface area contributed by atoms with Crippen molar-refractivity contribution in [3.63, 3.8) is 0 Å². The highest BCUT2D eigenvalue weighted by Crippen LogP contribution is 2.10. The summed E-state index contributed by atoms with van der Waals surface area (Å²) in [6.07, 6.45) is 1.62. The Kier molecular flexibility index (Phi) is 2.33. The van der Waals surface area contributed by atoms with Crippen molar-refractivity contribution in [1.82, 2.24) is 9.97 Å². The lowest BCUT2D eigenvalue weighted by Crippen LogP contribution is -2.05. The molecular formula is C11H10N2O2. The zero-order chi connectivity index (χ0) is 10.8. The molecule has 4 nitrogen and oxygen atoms in total. The summed E-state index contributed by atoms with van der Waals surface area (Å²) in [6, 6.07) is 5.42. The zero-order valence-electron chi connectivity index (χ0n) is 8.28.